The topological polar surface area (TPSA) is 105 Å². The number of fused-ring (bicyclic) bond motifs is 3. The van der Waals surface area contributed by atoms with Gasteiger partial charge in [-0.25, -0.2) is 4.79 Å². The van der Waals surface area contributed by atoms with E-state index in [9.17, 15) is 14.4 Å². The van der Waals surface area contributed by atoms with Crippen LogP contribution >= 0.6 is 0 Å². The molecule has 0 saturated heterocycles. The van der Waals surface area contributed by atoms with Crippen LogP contribution in [0.3, 0.4) is 0 Å². The molecule has 0 radical (unpaired) electrons. The summed E-state index contributed by atoms with van der Waals surface area (Å²) in [5, 5.41) is 14.5. The maximum atomic E-state index is 12.4. The van der Waals surface area contributed by atoms with Gasteiger partial charge in [0.05, 0.1) is 11.8 Å². The van der Waals surface area contributed by atoms with Gasteiger partial charge in [0.1, 0.15) is 6.61 Å². The number of alkyl carbamates (subject to hydrolysis) is 1. The number of carboxylic acids is 1. The lowest BCUT2D eigenvalue weighted by molar-refractivity contribution is -0.139. The smallest absolute Gasteiger partial charge is 0.407 e. The third-order valence-electron chi connectivity index (χ3n) is 6.48. The lowest BCUT2D eigenvalue weighted by atomic mass is 9.98. The number of hydrogen-bond donors (Lipinski definition) is 3. The predicted octanol–water partition coefficient (Wildman–Crippen LogP) is 3.39. The van der Waals surface area contributed by atoms with E-state index in [4.69, 9.17) is 9.84 Å². The molecule has 3 N–H and O–H groups in total. The molecule has 0 aliphatic heterocycles. The van der Waals surface area contributed by atoms with Gasteiger partial charge in [0.25, 0.3) is 0 Å². The molecule has 0 heterocycles. The Morgan fingerprint density at radius 1 is 1.03 bits per heavy atom. The van der Waals surface area contributed by atoms with Gasteiger partial charge in [-0.05, 0) is 41.0 Å². The highest BCUT2D eigenvalue weighted by Gasteiger charge is 2.43. The number of rotatable bonds is 9. The molecule has 1 unspecified atom stereocenters. The van der Waals surface area contributed by atoms with Crippen molar-refractivity contribution in [3.63, 3.8) is 0 Å². The molecule has 0 spiro atoms. The summed E-state index contributed by atoms with van der Waals surface area (Å²) in [5.74, 6) is -1.74. The first-order valence-electron chi connectivity index (χ1n) is 11.1. The van der Waals surface area contributed by atoms with Gasteiger partial charge in [-0.3, -0.25) is 9.59 Å². The van der Waals surface area contributed by atoms with Crippen molar-refractivity contribution in [2.75, 3.05) is 19.7 Å². The highest BCUT2D eigenvalue weighted by Crippen LogP contribution is 2.44. The molecule has 2 aromatic rings. The van der Waals surface area contributed by atoms with Gasteiger partial charge in [-0.15, -0.1) is 0 Å². The quantitative estimate of drug-likeness (QED) is 0.559. The second-order valence-electron chi connectivity index (χ2n) is 8.50. The lowest BCUT2D eigenvalue weighted by Gasteiger charge is -2.17. The molecule has 2 amide bonds. The zero-order chi connectivity index (χ0) is 22.7. The summed E-state index contributed by atoms with van der Waals surface area (Å²) in [6.07, 6.45) is 0.610. The lowest BCUT2D eigenvalue weighted by Crippen LogP contribution is -2.39. The van der Waals surface area contributed by atoms with Crippen LogP contribution in [0.4, 0.5) is 4.79 Å². The van der Waals surface area contributed by atoms with E-state index in [-0.39, 0.29) is 36.8 Å². The molecule has 0 aromatic heterocycles. The summed E-state index contributed by atoms with van der Waals surface area (Å²) in [6, 6.07) is 16.3. The SMILES string of the molecule is CCC(CNC(=O)OCC1c2ccccc2-c2ccccc21)C(=O)NC[C@@H]1C[C@@H]1C(=O)O. The summed E-state index contributed by atoms with van der Waals surface area (Å²) in [4.78, 5) is 35.6. The van der Waals surface area contributed by atoms with Gasteiger partial charge < -0.3 is 20.5 Å². The fraction of sp³-hybridized carbons (Fsp3) is 0.400. The van der Waals surface area contributed by atoms with Crippen LogP contribution in [0.5, 0.6) is 0 Å². The minimum atomic E-state index is -0.812. The van der Waals surface area contributed by atoms with Crippen molar-refractivity contribution in [3.8, 4) is 11.1 Å². The second-order valence-corrected chi connectivity index (χ2v) is 8.50. The fourth-order valence-corrected chi connectivity index (χ4v) is 4.43. The molecule has 168 valence electrons. The summed E-state index contributed by atoms with van der Waals surface area (Å²) in [5.41, 5.74) is 4.63. The van der Waals surface area contributed by atoms with E-state index in [1.807, 2.05) is 31.2 Å². The molecule has 32 heavy (non-hydrogen) atoms. The van der Waals surface area contributed by atoms with Crippen molar-refractivity contribution in [3.05, 3.63) is 59.7 Å². The van der Waals surface area contributed by atoms with E-state index < -0.39 is 18.0 Å². The van der Waals surface area contributed by atoms with E-state index in [1.54, 1.807) is 0 Å². The minimum absolute atomic E-state index is 0.00375. The van der Waals surface area contributed by atoms with Gasteiger partial charge in [-0.1, -0.05) is 55.5 Å². The Morgan fingerprint density at radius 3 is 2.22 bits per heavy atom. The normalized spacial score (nSPS) is 19.4. The molecular formula is C25H28N2O5. The van der Waals surface area contributed by atoms with Crippen LogP contribution in [-0.4, -0.2) is 42.8 Å². The Bertz CT molecular complexity index is 975. The second kappa shape index (κ2) is 9.42. The zero-order valence-corrected chi connectivity index (χ0v) is 18.0. The van der Waals surface area contributed by atoms with E-state index in [2.05, 4.69) is 34.9 Å². The van der Waals surface area contributed by atoms with Crippen LogP contribution in [0.25, 0.3) is 11.1 Å². The molecule has 1 fully saturated rings. The minimum Gasteiger partial charge on any atom is -0.481 e. The summed E-state index contributed by atoms with van der Waals surface area (Å²) in [6.45, 7) is 2.63. The number of carboxylic acid groups (broad SMARTS) is 1. The van der Waals surface area contributed by atoms with Gasteiger partial charge in [0, 0.05) is 19.0 Å². The molecule has 2 aromatic carbocycles. The van der Waals surface area contributed by atoms with Crippen LogP contribution in [0.2, 0.25) is 0 Å². The highest BCUT2D eigenvalue weighted by atomic mass is 16.5. The first kappa shape index (κ1) is 21.9. The Labute approximate surface area is 187 Å². The average molecular weight is 437 g/mol. The summed E-state index contributed by atoms with van der Waals surface area (Å²) < 4.78 is 5.52. The van der Waals surface area contributed by atoms with E-state index in [1.165, 1.54) is 11.1 Å². The molecule has 0 bridgehead atoms. The summed E-state index contributed by atoms with van der Waals surface area (Å²) >= 11 is 0. The Kier molecular flexibility index (Phi) is 6.44. The van der Waals surface area contributed by atoms with Gasteiger partial charge in [0.15, 0.2) is 0 Å². The number of carbonyl (C=O) groups is 3. The van der Waals surface area contributed by atoms with E-state index in [0.717, 1.165) is 11.1 Å². The number of benzene rings is 2. The van der Waals surface area contributed by atoms with Crippen LogP contribution in [-0.2, 0) is 14.3 Å². The zero-order valence-electron chi connectivity index (χ0n) is 18.0. The van der Waals surface area contributed by atoms with E-state index >= 15 is 0 Å². The number of hydrogen-bond acceptors (Lipinski definition) is 4. The van der Waals surface area contributed by atoms with Crippen LogP contribution in [0.1, 0.15) is 36.8 Å². The molecule has 7 heteroatoms. The standard InChI is InChI=1S/C25H28N2O5/c1-2-15(23(28)26-13-16-11-21(16)24(29)30)12-27-25(31)32-14-22-19-9-5-3-7-17(19)18-8-4-6-10-20(18)22/h3-10,15-16,21-22H,2,11-14H2,1H3,(H,26,28)(H,27,31)(H,29,30)/t15?,16-,21-/m0/s1. The van der Waals surface area contributed by atoms with Gasteiger partial charge in [0.2, 0.25) is 5.91 Å². The van der Waals surface area contributed by atoms with Crippen molar-refractivity contribution in [2.24, 2.45) is 17.8 Å². The maximum Gasteiger partial charge on any atom is 0.407 e. The Hall–Kier alpha value is -3.35. The molecule has 4 rings (SSSR count). The average Bonchev–Trinajstić information content (AvgIpc) is 3.52. The van der Waals surface area contributed by atoms with Gasteiger partial charge in [-0.2, -0.15) is 0 Å². The number of ether oxygens (including phenoxy) is 1. The van der Waals surface area contributed by atoms with Crippen molar-refractivity contribution < 1.29 is 24.2 Å². The molecular weight excluding hydrogens is 408 g/mol. The van der Waals surface area contributed by atoms with Crippen molar-refractivity contribution in [2.45, 2.75) is 25.7 Å². The third-order valence-corrected chi connectivity index (χ3v) is 6.48. The molecule has 2 aliphatic rings. The van der Waals surface area contributed by atoms with Gasteiger partial charge >= 0.3 is 12.1 Å². The number of nitrogens with one attached hydrogen (secondary N) is 2. The first-order valence-corrected chi connectivity index (χ1v) is 11.1. The predicted molar refractivity (Wildman–Crippen MR) is 119 cm³/mol. The van der Waals surface area contributed by atoms with Crippen molar-refractivity contribution in [1.82, 2.24) is 10.6 Å². The van der Waals surface area contributed by atoms with Crippen molar-refractivity contribution >= 4 is 18.0 Å². The highest BCUT2D eigenvalue weighted by molar-refractivity contribution is 5.81. The molecule has 1 saturated carbocycles. The Morgan fingerprint density at radius 2 is 1.66 bits per heavy atom. The third kappa shape index (κ3) is 4.61. The molecule has 3 atom stereocenters. The number of carbonyl (C=O) groups excluding carboxylic acids is 2. The number of aliphatic carboxylic acids is 1. The first-order chi connectivity index (χ1) is 15.5. The summed E-state index contributed by atoms with van der Waals surface area (Å²) in [7, 11) is 0. The van der Waals surface area contributed by atoms with E-state index in [0.29, 0.717) is 19.4 Å². The number of amides is 2. The largest absolute Gasteiger partial charge is 0.481 e. The van der Waals surface area contributed by atoms with Crippen molar-refractivity contribution in [1.29, 1.82) is 0 Å². The van der Waals surface area contributed by atoms with Crippen LogP contribution in [0, 0.1) is 17.8 Å². The fourth-order valence-electron chi connectivity index (χ4n) is 4.43. The maximum absolute atomic E-state index is 12.4. The van der Waals surface area contributed by atoms with Crippen LogP contribution < -0.4 is 10.6 Å². The molecule has 2 aliphatic carbocycles. The monoisotopic (exact) mass is 436 g/mol. The van der Waals surface area contributed by atoms with Crippen LogP contribution in [0.15, 0.2) is 48.5 Å². The molecule has 7 nitrogen and oxygen atoms in total. The Balaban J connectivity index is 1.26.